The Labute approximate surface area is 156 Å². The van der Waals surface area contributed by atoms with Gasteiger partial charge in [-0.15, -0.1) is 0 Å². The first-order valence-electron chi connectivity index (χ1n) is 7.12. The fraction of sp³-hybridized carbons (Fsp3) is 0.286. The molecule has 152 valence electrons. The van der Waals surface area contributed by atoms with E-state index in [0.29, 0.717) is 12.1 Å². The molecule has 7 nitrogen and oxygen atoms in total. The zero-order valence-corrected chi connectivity index (χ0v) is 14.0. The summed E-state index contributed by atoms with van der Waals surface area (Å²) in [6, 6.07) is 2.20. The highest BCUT2D eigenvalue weighted by atomic mass is 35.5. The van der Waals surface area contributed by atoms with Crippen LogP contribution in [0.2, 0.25) is 5.02 Å². The van der Waals surface area contributed by atoms with Crippen molar-refractivity contribution in [2.24, 2.45) is 0 Å². The van der Waals surface area contributed by atoms with Gasteiger partial charge in [-0.1, -0.05) is 11.6 Å². The molecule has 0 radical (unpaired) electrons. The largest absolute Gasteiger partial charge is 0.482 e. The maximum absolute atomic E-state index is 13.3. The van der Waals surface area contributed by atoms with Crippen molar-refractivity contribution in [3.8, 4) is 0 Å². The van der Waals surface area contributed by atoms with Gasteiger partial charge in [0.1, 0.15) is 16.3 Å². The van der Waals surface area contributed by atoms with Crippen molar-refractivity contribution in [2.45, 2.75) is 24.4 Å². The van der Waals surface area contributed by atoms with Crippen molar-refractivity contribution in [1.29, 1.82) is 0 Å². The van der Waals surface area contributed by atoms with Gasteiger partial charge in [-0.3, -0.25) is 20.2 Å². The molecule has 0 fully saturated rings. The second kappa shape index (κ2) is 6.96. The molecule has 1 aliphatic carbocycles. The van der Waals surface area contributed by atoms with E-state index in [1.807, 2.05) is 0 Å². The van der Waals surface area contributed by atoms with Crippen molar-refractivity contribution in [1.82, 2.24) is 0 Å². The minimum atomic E-state index is -5.25. The van der Waals surface area contributed by atoms with Crippen molar-refractivity contribution in [3.05, 3.63) is 72.4 Å². The van der Waals surface area contributed by atoms with Gasteiger partial charge in [0, 0.05) is 11.4 Å². The minimum absolute atomic E-state index is 0.171. The molecule has 2 rings (SSSR count). The molecule has 0 amide bonds. The van der Waals surface area contributed by atoms with Gasteiger partial charge in [0.15, 0.2) is 0 Å². The predicted octanol–water partition coefficient (Wildman–Crippen LogP) is 4.80. The second-order valence-electron chi connectivity index (χ2n) is 5.59. The lowest BCUT2D eigenvalue weighted by molar-refractivity contribution is -0.780. The predicted molar refractivity (Wildman–Crippen MR) is 83.6 cm³/mol. The van der Waals surface area contributed by atoms with Gasteiger partial charge in [-0.2, -0.15) is 26.3 Å². The molecule has 0 aromatic heterocycles. The van der Waals surface area contributed by atoms with E-state index in [4.69, 9.17) is 11.6 Å². The van der Waals surface area contributed by atoms with E-state index >= 15 is 0 Å². The Kier molecular flexibility index (Phi) is 5.34. The highest BCUT2D eigenvalue weighted by Gasteiger charge is 2.58. The molecule has 0 unspecified atom stereocenters. The Bertz CT molecular complexity index is 880. The number of halogens is 7. The van der Waals surface area contributed by atoms with E-state index in [1.54, 1.807) is 0 Å². The standard InChI is InChI=1S/C14H8ClF6N3O4/c15-10-2-1-7(5-8(10)13(16,17)18)22-11-3-4-12(23(25)26,24(27)28)6-9(11)14(19,20)21/h1-3,5-6,22H,4H2. The van der Waals surface area contributed by atoms with Crippen LogP contribution >= 0.6 is 11.6 Å². The molecule has 0 spiro atoms. The Hall–Kier alpha value is -2.83. The quantitative estimate of drug-likeness (QED) is 0.320. The van der Waals surface area contributed by atoms with Crippen LogP contribution in [0.1, 0.15) is 12.0 Å². The van der Waals surface area contributed by atoms with Gasteiger partial charge in [0.05, 0.1) is 22.2 Å². The molecule has 28 heavy (non-hydrogen) atoms. The van der Waals surface area contributed by atoms with Gasteiger partial charge in [-0.05, 0) is 24.3 Å². The van der Waals surface area contributed by atoms with Crippen LogP contribution in [0.3, 0.4) is 0 Å². The molecule has 0 saturated carbocycles. The number of nitrogens with zero attached hydrogens (tertiary/aromatic N) is 2. The smallest absolute Gasteiger partial charge is 0.355 e. The van der Waals surface area contributed by atoms with Gasteiger partial charge >= 0.3 is 18.0 Å². The van der Waals surface area contributed by atoms with Gasteiger partial charge in [-0.25, -0.2) is 0 Å². The summed E-state index contributed by atoms with van der Waals surface area (Å²) in [5.74, 6) is 0. The molecule has 0 saturated heterocycles. The highest BCUT2D eigenvalue weighted by Crippen LogP contribution is 2.40. The third kappa shape index (κ3) is 4.03. The third-order valence-electron chi connectivity index (χ3n) is 3.76. The molecular weight excluding hydrogens is 424 g/mol. The lowest BCUT2D eigenvalue weighted by Crippen LogP contribution is -2.46. The first-order valence-corrected chi connectivity index (χ1v) is 7.49. The maximum atomic E-state index is 13.3. The number of hydrogen-bond acceptors (Lipinski definition) is 5. The summed E-state index contributed by atoms with van der Waals surface area (Å²) in [5.41, 5.74) is -7.63. The van der Waals surface area contributed by atoms with E-state index in [2.05, 4.69) is 5.32 Å². The van der Waals surface area contributed by atoms with Crippen LogP contribution in [0.15, 0.2) is 41.6 Å². The fourth-order valence-electron chi connectivity index (χ4n) is 2.38. The maximum Gasteiger partial charge on any atom is 0.482 e. The summed E-state index contributed by atoms with van der Waals surface area (Å²) in [6.07, 6.45) is -10.8. The number of nitrogens with one attached hydrogen (secondary N) is 1. The molecule has 0 aliphatic heterocycles. The van der Waals surface area contributed by atoms with E-state index in [-0.39, 0.29) is 6.08 Å². The minimum Gasteiger partial charge on any atom is -0.355 e. The molecule has 1 N–H and O–H groups in total. The lowest BCUT2D eigenvalue weighted by Gasteiger charge is -2.24. The van der Waals surface area contributed by atoms with E-state index < -0.39 is 61.8 Å². The Morgan fingerprint density at radius 2 is 1.61 bits per heavy atom. The van der Waals surface area contributed by atoms with Crippen LogP contribution in [0.25, 0.3) is 0 Å². The zero-order chi connectivity index (χ0) is 21.5. The van der Waals surface area contributed by atoms with Crippen molar-refractivity contribution in [2.75, 3.05) is 5.32 Å². The average molecular weight is 432 g/mol. The SMILES string of the molecule is O=[N+]([O-])C1([N+](=O)[O-])C=C(C(F)(F)F)C(Nc2ccc(Cl)c(C(F)(F)F)c2)=CC1. The van der Waals surface area contributed by atoms with Crippen molar-refractivity contribution < 1.29 is 36.2 Å². The summed E-state index contributed by atoms with van der Waals surface area (Å²) in [5, 5.41) is 23.4. The van der Waals surface area contributed by atoms with Crippen LogP contribution in [0, 0.1) is 20.2 Å². The van der Waals surface area contributed by atoms with Crippen LogP contribution in [0.5, 0.6) is 0 Å². The van der Waals surface area contributed by atoms with Crippen LogP contribution in [-0.4, -0.2) is 21.7 Å². The monoisotopic (exact) mass is 431 g/mol. The highest BCUT2D eigenvalue weighted by molar-refractivity contribution is 6.31. The first kappa shape index (κ1) is 21.5. The molecule has 1 aliphatic rings. The number of hydrogen-bond donors (Lipinski definition) is 1. The van der Waals surface area contributed by atoms with E-state index in [0.717, 1.165) is 12.1 Å². The normalized spacial score (nSPS) is 16.8. The zero-order valence-electron chi connectivity index (χ0n) is 13.3. The number of nitro groups is 2. The Morgan fingerprint density at radius 1 is 1.04 bits per heavy atom. The molecule has 1 aromatic carbocycles. The molecule has 0 bridgehead atoms. The summed E-state index contributed by atoms with van der Waals surface area (Å²) in [6.45, 7) is 0. The van der Waals surface area contributed by atoms with E-state index in [9.17, 15) is 46.6 Å². The van der Waals surface area contributed by atoms with E-state index in [1.165, 1.54) is 0 Å². The van der Waals surface area contributed by atoms with Crippen LogP contribution < -0.4 is 5.32 Å². The average Bonchev–Trinajstić information content (AvgIpc) is 2.54. The van der Waals surface area contributed by atoms with Crippen LogP contribution in [0.4, 0.5) is 32.0 Å². The molecule has 1 aromatic rings. The second-order valence-corrected chi connectivity index (χ2v) is 6.00. The number of rotatable bonds is 4. The lowest BCUT2D eigenvalue weighted by atomic mass is 9.94. The summed E-state index contributed by atoms with van der Waals surface area (Å²) >= 11 is 5.43. The molecule has 0 heterocycles. The number of benzene rings is 1. The summed E-state index contributed by atoms with van der Waals surface area (Å²) in [4.78, 5) is 19.1. The fourth-order valence-corrected chi connectivity index (χ4v) is 2.60. The third-order valence-corrected chi connectivity index (χ3v) is 4.09. The van der Waals surface area contributed by atoms with Crippen LogP contribution in [-0.2, 0) is 6.18 Å². The number of allylic oxidation sites excluding steroid dienone is 1. The first-order chi connectivity index (χ1) is 12.7. The van der Waals surface area contributed by atoms with Gasteiger partial charge in [0.25, 0.3) is 0 Å². The molecule has 0 atom stereocenters. The van der Waals surface area contributed by atoms with Crippen molar-refractivity contribution >= 4 is 17.3 Å². The topological polar surface area (TPSA) is 98.3 Å². The van der Waals surface area contributed by atoms with Gasteiger partial charge < -0.3 is 5.32 Å². The van der Waals surface area contributed by atoms with Crippen molar-refractivity contribution in [3.63, 3.8) is 0 Å². The molecule has 14 heteroatoms. The number of anilines is 1. The Morgan fingerprint density at radius 3 is 2.07 bits per heavy atom. The summed E-state index contributed by atoms with van der Waals surface area (Å²) in [7, 11) is 0. The summed E-state index contributed by atoms with van der Waals surface area (Å²) < 4.78 is 78.6. The molecular formula is C14H8ClF6N3O4. The Balaban J connectivity index is 2.50. The van der Waals surface area contributed by atoms with Gasteiger partial charge in [0.2, 0.25) is 0 Å². The number of alkyl halides is 6.